The van der Waals surface area contributed by atoms with Crippen molar-refractivity contribution in [3.8, 4) is 6.07 Å². The summed E-state index contributed by atoms with van der Waals surface area (Å²) in [6.07, 6.45) is 11.2. The van der Waals surface area contributed by atoms with Crippen LogP contribution in [-0.2, 0) is 11.2 Å². The molecule has 5 nitrogen and oxygen atoms in total. The fourth-order valence-electron chi connectivity index (χ4n) is 4.54. The molecule has 1 atom stereocenters. The molecule has 0 bridgehead atoms. The van der Waals surface area contributed by atoms with Crippen LogP contribution < -0.4 is 5.56 Å². The van der Waals surface area contributed by atoms with Gasteiger partial charge in [0.2, 0.25) is 5.91 Å². The van der Waals surface area contributed by atoms with Crippen molar-refractivity contribution in [2.75, 3.05) is 13.1 Å². The van der Waals surface area contributed by atoms with Crippen LogP contribution in [0.25, 0.3) is 0 Å². The number of allylic oxidation sites excluding steroid dienone is 2. The van der Waals surface area contributed by atoms with Gasteiger partial charge in [-0.3, -0.25) is 9.59 Å². The minimum atomic E-state index is -0.346. The lowest BCUT2D eigenvalue weighted by atomic mass is 9.71. The smallest absolute Gasteiger partial charge is 0.266 e. The van der Waals surface area contributed by atoms with Gasteiger partial charge in [-0.2, -0.15) is 5.26 Å². The Balaban J connectivity index is 1.69. The number of hydrogen-bond acceptors (Lipinski definition) is 3. The Kier molecular flexibility index (Phi) is 5.31. The summed E-state index contributed by atoms with van der Waals surface area (Å²) in [6, 6.07) is 1.98. The zero-order chi connectivity index (χ0) is 18.7. The molecule has 1 aliphatic carbocycles. The van der Waals surface area contributed by atoms with Crippen molar-refractivity contribution in [1.29, 1.82) is 5.26 Å². The molecular weight excluding hydrogens is 326 g/mol. The summed E-state index contributed by atoms with van der Waals surface area (Å²) < 4.78 is 0. The molecule has 1 aromatic heterocycles. The zero-order valence-corrected chi connectivity index (χ0v) is 15.7. The van der Waals surface area contributed by atoms with E-state index in [1.807, 2.05) is 17.9 Å². The van der Waals surface area contributed by atoms with E-state index in [9.17, 15) is 14.9 Å². The van der Waals surface area contributed by atoms with Gasteiger partial charge in [0, 0.05) is 25.2 Å². The van der Waals surface area contributed by atoms with Crippen molar-refractivity contribution in [3.05, 3.63) is 44.9 Å². The van der Waals surface area contributed by atoms with Gasteiger partial charge in [-0.05, 0) is 68.9 Å². The van der Waals surface area contributed by atoms with Gasteiger partial charge in [0.05, 0.1) is 0 Å². The van der Waals surface area contributed by atoms with E-state index >= 15 is 0 Å². The van der Waals surface area contributed by atoms with Crippen LogP contribution in [0.5, 0.6) is 0 Å². The van der Waals surface area contributed by atoms with Crippen molar-refractivity contribution in [3.63, 3.8) is 0 Å². The number of carbonyl (C=O) groups is 1. The summed E-state index contributed by atoms with van der Waals surface area (Å²) in [6.45, 7) is 5.34. The Morgan fingerprint density at radius 1 is 1.35 bits per heavy atom. The number of H-pyrrole nitrogens is 1. The Bertz CT molecular complexity index is 831. The normalized spacial score (nSPS) is 22.4. The molecule has 1 aromatic rings. The van der Waals surface area contributed by atoms with E-state index in [0.717, 1.165) is 43.6 Å². The van der Waals surface area contributed by atoms with Gasteiger partial charge in [-0.1, -0.05) is 12.2 Å². The molecule has 26 heavy (non-hydrogen) atoms. The summed E-state index contributed by atoms with van der Waals surface area (Å²) in [7, 11) is 0. The van der Waals surface area contributed by atoms with Crippen LogP contribution in [0.15, 0.2) is 16.9 Å². The first-order chi connectivity index (χ1) is 12.5. The summed E-state index contributed by atoms with van der Waals surface area (Å²) in [5.41, 5.74) is 2.47. The van der Waals surface area contributed by atoms with E-state index in [1.165, 1.54) is 12.8 Å². The molecule has 1 aliphatic heterocycles. The maximum absolute atomic E-state index is 12.8. The van der Waals surface area contributed by atoms with Crippen molar-refractivity contribution in [2.24, 2.45) is 5.41 Å². The van der Waals surface area contributed by atoms with Crippen LogP contribution in [0, 0.1) is 30.6 Å². The van der Waals surface area contributed by atoms with Crippen molar-refractivity contribution < 1.29 is 4.79 Å². The molecular formula is C21H27N3O2. The molecule has 0 aromatic carbocycles. The number of aryl methyl sites for hydroxylation is 1. The number of amides is 1. The third-order valence-electron chi connectivity index (χ3n) is 6.08. The number of rotatable bonds is 3. The van der Waals surface area contributed by atoms with Gasteiger partial charge in [0.25, 0.3) is 5.56 Å². The Morgan fingerprint density at radius 3 is 2.85 bits per heavy atom. The quantitative estimate of drug-likeness (QED) is 0.848. The summed E-state index contributed by atoms with van der Waals surface area (Å²) in [5.74, 6) is 0.183. The SMILES string of the molecule is Cc1[nH]c(=O)c(C#N)c(C)c1CCC(=O)N1CCCC2(CC=CCC2)C1. The van der Waals surface area contributed by atoms with Gasteiger partial charge in [0.1, 0.15) is 11.6 Å². The topological polar surface area (TPSA) is 77.0 Å². The van der Waals surface area contributed by atoms with E-state index in [2.05, 4.69) is 17.1 Å². The van der Waals surface area contributed by atoms with Crippen LogP contribution in [0.2, 0.25) is 0 Å². The van der Waals surface area contributed by atoms with E-state index in [4.69, 9.17) is 0 Å². The molecule has 1 spiro atoms. The third-order valence-corrected chi connectivity index (χ3v) is 6.08. The number of nitriles is 1. The second-order valence-electron chi connectivity index (χ2n) is 7.80. The average Bonchev–Trinajstić information content (AvgIpc) is 2.62. The van der Waals surface area contributed by atoms with E-state index in [-0.39, 0.29) is 22.4 Å². The van der Waals surface area contributed by atoms with Crippen LogP contribution >= 0.6 is 0 Å². The van der Waals surface area contributed by atoms with E-state index < -0.39 is 0 Å². The van der Waals surface area contributed by atoms with Crippen LogP contribution in [0.1, 0.15) is 60.9 Å². The average molecular weight is 353 g/mol. The summed E-state index contributed by atoms with van der Waals surface area (Å²) >= 11 is 0. The van der Waals surface area contributed by atoms with E-state index in [1.54, 1.807) is 6.92 Å². The lowest BCUT2D eigenvalue weighted by Gasteiger charge is -2.44. The van der Waals surface area contributed by atoms with Crippen LogP contribution in [-0.4, -0.2) is 28.9 Å². The molecule has 1 saturated heterocycles. The number of carbonyl (C=O) groups excluding carboxylic acids is 1. The fraction of sp³-hybridized carbons (Fsp3) is 0.571. The first kappa shape index (κ1) is 18.4. The third kappa shape index (κ3) is 3.60. The number of nitrogens with zero attached hydrogens (tertiary/aromatic N) is 2. The Hall–Kier alpha value is -2.35. The van der Waals surface area contributed by atoms with Gasteiger partial charge < -0.3 is 9.88 Å². The first-order valence-corrected chi connectivity index (χ1v) is 9.51. The molecule has 3 rings (SSSR count). The minimum absolute atomic E-state index is 0.156. The van der Waals surface area contributed by atoms with E-state index in [0.29, 0.717) is 18.4 Å². The number of aromatic nitrogens is 1. The molecule has 138 valence electrons. The second-order valence-corrected chi connectivity index (χ2v) is 7.80. The maximum Gasteiger partial charge on any atom is 0.266 e. The van der Waals surface area contributed by atoms with Gasteiger partial charge in [-0.15, -0.1) is 0 Å². The highest BCUT2D eigenvalue weighted by molar-refractivity contribution is 5.76. The lowest BCUT2D eigenvalue weighted by molar-refractivity contribution is -0.134. The molecule has 2 aliphatic rings. The molecule has 1 N–H and O–H groups in total. The summed E-state index contributed by atoms with van der Waals surface area (Å²) in [5, 5.41) is 9.19. The first-order valence-electron chi connectivity index (χ1n) is 9.51. The van der Waals surface area contributed by atoms with Crippen LogP contribution in [0.4, 0.5) is 0 Å². The van der Waals surface area contributed by atoms with Crippen molar-refractivity contribution in [1.82, 2.24) is 9.88 Å². The summed E-state index contributed by atoms with van der Waals surface area (Å²) in [4.78, 5) is 29.4. The standard InChI is InChI=1S/C21H27N3O2/c1-15-17(16(2)23-20(26)18(15)13-22)7-8-19(25)24-12-6-11-21(14-24)9-4-3-5-10-21/h3-4H,5-12,14H2,1-2H3,(H,23,26). The highest BCUT2D eigenvalue weighted by Gasteiger charge is 2.36. The highest BCUT2D eigenvalue weighted by atomic mass is 16.2. The lowest BCUT2D eigenvalue weighted by Crippen LogP contribution is -2.46. The number of likely N-dealkylation sites (tertiary alicyclic amines) is 1. The highest BCUT2D eigenvalue weighted by Crippen LogP contribution is 2.40. The predicted molar refractivity (Wildman–Crippen MR) is 101 cm³/mol. The Morgan fingerprint density at radius 2 is 2.15 bits per heavy atom. The van der Waals surface area contributed by atoms with Crippen molar-refractivity contribution >= 4 is 5.91 Å². The van der Waals surface area contributed by atoms with Gasteiger partial charge in [0.15, 0.2) is 0 Å². The predicted octanol–water partition coefficient (Wildman–Crippen LogP) is 3.14. The number of nitrogens with one attached hydrogen (secondary N) is 1. The largest absolute Gasteiger partial charge is 0.342 e. The molecule has 2 heterocycles. The maximum atomic E-state index is 12.8. The van der Waals surface area contributed by atoms with Crippen molar-refractivity contribution in [2.45, 2.75) is 58.8 Å². The minimum Gasteiger partial charge on any atom is -0.342 e. The second kappa shape index (κ2) is 7.49. The van der Waals surface area contributed by atoms with Gasteiger partial charge >= 0.3 is 0 Å². The number of piperidine rings is 1. The molecule has 1 fully saturated rings. The molecule has 5 heteroatoms. The number of pyridine rings is 1. The van der Waals surface area contributed by atoms with Gasteiger partial charge in [-0.25, -0.2) is 0 Å². The molecule has 0 radical (unpaired) electrons. The monoisotopic (exact) mass is 353 g/mol. The van der Waals surface area contributed by atoms with Crippen LogP contribution in [0.3, 0.4) is 0 Å². The Labute approximate surface area is 154 Å². The number of aromatic amines is 1. The molecule has 0 saturated carbocycles. The zero-order valence-electron chi connectivity index (χ0n) is 15.7. The fourth-order valence-corrected chi connectivity index (χ4v) is 4.54. The number of hydrogen-bond donors (Lipinski definition) is 1. The molecule has 1 amide bonds. The molecule has 1 unspecified atom stereocenters.